The minimum Gasteiger partial charge on any atom is -0.412 e. The van der Waals surface area contributed by atoms with E-state index in [9.17, 15) is 0 Å². The molecule has 5 heterocycles. The Labute approximate surface area is 168 Å². The molecular weight excluding hydrogens is 429 g/mol. The number of nitrogens with zero attached hydrogens (tertiary/aromatic N) is 2. The number of H-pyrrole nitrogens is 2. The van der Waals surface area contributed by atoms with Crippen LogP contribution in [-0.4, -0.2) is 30.9 Å². The molecule has 0 saturated carbocycles. The van der Waals surface area contributed by atoms with Crippen molar-refractivity contribution in [2.75, 3.05) is 0 Å². The molecule has 0 fully saturated rings. The molecule has 5 rings (SSSR count). The molecule has 0 aliphatic carbocycles. The molecule has 7 heteroatoms. The van der Waals surface area contributed by atoms with E-state index in [2.05, 4.69) is 50.3 Å². The van der Waals surface area contributed by atoms with Crippen LogP contribution in [0.25, 0.3) is 46.4 Å². The quantitative estimate of drug-likeness (QED) is 0.355. The van der Waals surface area contributed by atoms with Gasteiger partial charge in [0.25, 0.3) is 0 Å². The van der Waals surface area contributed by atoms with Gasteiger partial charge in [-0.2, -0.15) is 0 Å². The first kappa shape index (κ1) is 20.5. The first-order chi connectivity index (χ1) is 11.8. The SMILES string of the molecule is C1=Cc2cc3ccc(cc4ccc(cc5nc(cc1n2)C=C5)[nH]4)[nH]3.O.O.[Ru]. The van der Waals surface area contributed by atoms with Crippen molar-refractivity contribution in [2.24, 2.45) is 0 Å². The van der Waals surface area contributed by atoms with E-state index in [1.165, 1.54) is 0 Å². The summed E-state index contributed by atoms with van der Waals surface area (Å²) >= 11 is 0. The third-order valence-corrected chi connectivity index (χ3v) is 4.04. The Morgan fingerprint density at radius 3 is 1.22 bits per heavy atom. The van der Waals surface area contributed by atoms with Crippen LogP contribution in [0, 0.1) is 0 Å². The van der Waals surface area contributed by atoms with E-state index in [4.69, 9.17) is 0 Å². The maximum atomic E-state index is 4.62. The summed E-state index contributed by atoms with van der Waals surface area (Å²) in [5.41, 5.74) is 7.86. The van der Waals surface area contributed by atoms with Gasteiger partial charge in [0.1, 0.15) is 0 Å². The summed E-state index contributed by atoms with van der Waals surface area (Å²) in [6.45, 7) is 0. The maximum absolute atomic E-state index is 4.62. The van der Waals surface area contributed by atoms with Crippen molar-refractivity contribution >= 4 is 46.4 Å². The van der Waals surface area contributed by atoms with Crippen LogP contribution in [0.1, 0.15) is 22.8 Å². The molecule has 2 aliphatic rings. The van der Waals surface area contributed by atoms with Crippen LogP contribution in [0.2, 0.25) is 0 Å². The number of nitrogens with one attached hydrogen (secondary N) is 2. The monoisotopic (exact) mass is 448 g/mol. The van der Waals surface area contributed by atoms with Crippen molar-refractivity contribution in [3.63, 3.8) is 0 Å². The first-order valence-corrected chi connectivity index (χ1v) is 7.85. The summed E-state index contributed by atoms with van der Waals surface area (Å²) in [6.07, 6.45) is 8.05. The van der Waals surface area contributed by atoms with Crippen LogP contribution in [0.15, 0.2) is 48.5 Å². The van der Waals surface area contributed by atoms with E-state index >= 15 is 0 Å². The molecule has 0 spiro atoms. The summed E-state index contributed by atoms with van der Waals surface area (Å²) in [5.74, 6) is 0. The van der Waals surface area contributed by atoms with Gasteiger partial charge in [0.15, 0.2) is 0 Å². The molecule has 27 heavy (non-hydrogen) atoms. The second-order valence-electron chi connectivity index (χ2n) is 5.91. The predicted molar refractivity (Wildman–Crippen MR) is 106 cm³/mol. The Bertz CT molecular complexity index is 1090. The van der Waals surface area contributed by atoms with Crippen molar-refractivity contribution in [3.05, 3.63) is 71.3 Å². The van der Waals surface area contributed by atoms with Crippen LogP contribution in [0.5, 0.6) is 0 Å². The molecule has 0 unspecified atom stereocenters. The van der Waals surface area contributed by atoms with Crippen LogP contribution in [0.3, 0.4) is 0 Å². The van der Waals surface area contributed by atoms with Gasteiger partial charge in [0.05, 0.1) is 22.8 Å². The molecule has 0 atom stereocenters. The number of rotatable bonds is 0. The summed E-state index contributed by atoms with van der Waals surface area (Å²) < 4.78 is 0. The van der Waals surface area contributed by atoms with Gasteiger partial charge in [-0.3, -0.25) is 0 Å². The van der Waals surface area contributed by atoms with Crippen LogP contribution < -0.4 is 0 Å². The minimum absolute atomic E-state index is 0. The second kappa shape index (κ2) is 8.23. The Morgan fingerprint density at radius 2 is 0.815 bits per heavy atom. The summed E-state index contributed by atoms with van der Waals surface area (Å²) in [4.78, 5) is 16.0. The van der Waals surface area contributed by atoms with Gasteiger partial charge in [-0.1, -0.05) is 0 Å². The van der Waals surface area contributed by atoms with E-state index in [0.717, 1.165) is 44.8 Å². The average molecular weight is 447 g/mol. The normalized spacial score (nSPS) is 11.3. The van der Waals surface area contributed by atoms with Crippen LogP contribution >= 0.6 is 0 Å². The topological polar surface area (TPSA) is 120 Å². The summed E-state index contributed by atoms with van der Waals surface area (Å²) in [7, 11) is 0. The molecule has 3 aromatic heterocycles. The van der Waals surface area contributed by atoms with Crippen molar-refractivity contribution < 1.29 is 30.4 Å². The average Bonchev–Trinajstić information content (AvgIpc) is 3.32. The van der Waals surface area contributed by atoms with E-state index in [0.29, 0.717) is 0 Å². The summed E-state index contributed by atoms with van der Waals surface area (Å²) in [5, 5.41) is 0. The molecule has 0 radical (unpaired) electrons. The van der Waals surface area contributed by atoms with E-state index in [1.807, 2.05) is 42.5 Å². The zero-order chi connectivity index (χ0) is 15.9. The number of fused-ring (bicyclic) bond motifs is 8. The molecule has 8 bridgehead atoms. The van der Waals surface area contributed by atoms with Crippen molar-refractivity contribution in [1.29, 1.82) is 0 Å². The molecular formula is C20H18N4O2Ru. The fourth-order valence-corrected chi connectivity index (χ4v) is 2.94. The van der Waals surface area contributed by atoms with Crippen molar-refractivity contribution in [3.8, 4) is 0 Å². The number of aromatic amines is 2. The smallest absolute Gasteiger partial charge is 0.0659 e. The van der Waals surface area contributed by atoms with Gasteiger partial charge in [-0.15, -0.1) is 0 Å². The Balaban J connectivity index is 0.000000871. The fraction of sp³-hybridized carbons (Fsp3) is 0. The van der Waals surface area contributed by atoms with E-state index < -0.39 is 0 Å². The maximum Gasteiger partial charge on any atom is 0.0659 e. The predicted octanol–water partition coefficient (Wildman–Crippen LogP) is 3.00. The van der Waals surface area contributed by atoms with Crippen LogP contribution in [-0.2, 0) is 19.5 Å². The zero-order valence-corrected chi connectivity index (χ0v) is 15.9. The molecule has 0 aromatic carbocycles. The van der Waals surface area contributed by atoms with Gasteiger partial charge in [-0.25, -0.2) is 9.97 Å². The fourth-order valence-electron chi connectivity index (χ4n) is 2.94. The molecule has 2 aliphatic heterocycles. The van der Waals surface area contributed by atoms with Crippen LogP contribution in [0.4, 0.5) is 0 Å². The molecule has 6 nitrogen and oxygen atoms in total. The first-order valence-electron chi connectivity index (χ1n) is 7.85. The molecule has 0 amide bonds. The zero-order valence-electron chi connectivity index (χ0n) is 14.2. The molecule has 0 saturated heterocycles. The third kappa shape index (κ3) is 4.28. The molecule has 6 N–H and O–H groups in total. The number of hydrogen-bond donors (Lipinski definition) is 2. The second-order valence-corrected chi connectivity index (χ2v) is 5.91. The Hall–Kier alpha value is -2.86. The van der Waals surface area contributed by atoms with Crippen molar-refractivity contribution in [2.45, 2.75) is 0 Å². The molecule has 3 aromatic rings. The Kier molecular flexibility index (Phi) is 6.23. The van der Waals surface area contributed by atoms with E-state index in [-0.39, 0.29) is 30.4 Å². The van der Waals surface area contributed by atoms with Crippen molar-refractivity contribution in [1.82, 2.24) is 19.9 Å². The van der Waals surface area contributed by atoms with Gasteiger partial charge >= 0.3 is 0 Å². The molecule has 138 valence electrons. The van der Waals surface area contributed by atoms with Gasteiger partial charge in [-0.05, 0) is 72.8 Å². The number of hydrogen-bond acceptors (Lipinski definition) is 2. The summed E-state index contributed by atoms with van der Waals surface area (Å²) in [6, 6.07) is 16.4. The third-order valence-electron chi connectivity index (χ3n) is 4.04. The number of aromatic nitrogens is 4. The van der Waals surface area contributed by atoms with Gasteiger partial charge in [0, 0.05) is 41.5 Å². The minimum atomic E-state index is 0. The largest absolute Gasteiger partial charge is 0.412 e. The Morgan fingerprint density at radius 1 is 0.481 bits per heavy atom. The standard InChI is InChI=1S/C20H14N4.2H2O.Ru/c1-2-14-10-16-5-6-18(23-16)12-20-8-7-19(24-20)11-17-4-3-15(22-17)9-13(1)21-14;;;/h1-12,21-22H;2*1H2;. The van der Waals surface area contributed by atoms with Gasteiger partial charge < -0.3 is 20.9 Å². The van der Waals surface area contributed by atoms with Gasteiger partial charge in [0.2, 0.25) is 0 Å². The van der Waals surface area contributed by atoms with E-state index in [1.54, 1.807) is 0 Å².